The molecule has 0 unspecified atom stereocenters. The Hall–Kier alpha value is -2.53. The molecule has 0 atom stereocenters. The number of rotatable bonds is 4. The van der Waals surface area contributed by atoms with Crippen molar-refractivity contribution in [1.29, 1.82) is 0 Å². The predicted octanol–water partition coefficient (Wildman–Crippen LogP) is 3.50. The van der Waals surface area contributed by atoms with Crippen molar-refractivity contribution >= 4 is 17.4 Å². The summed E-state index contributed by atoms with van der Waals surface area (Å²) in [6, 6.07) is 11.0. The molecule has 0 saturated heterocycles. The van der Waals surface area contributed by atoms with Crippen LogP contribution in [0.4, 0.5) is 0 Å². The van der Waals surface area contributed by atoms with Gasteiger partial charge in [0.2, 0.25) is 12.3 Å². The van der Waals surface area contributed by atoms with Gasteiger partial charge in [-0.25, -0.2) is 0 Å². The first-order valence-electron chi connectivity index (χ1n) is 8.91. The Labute approximate surface area is 157 Å². The van der Waals surface area contributed by atoms with Gasteiger partial charge in [0.15, 0.2) is 18.2 Å². The minimum Gasteiger partial charge on any atom is -0.311 e. The topological polar surface area (TPSA) is 51.7 Å². The molecule has 5 nitrogen and oxygen atoms in total. The van der Waals surface area contributed by atoms with E-state index >= 15 is 0 Å². The number of hydrogen-bond donors (Lipinski definition) is 0. The van der Waals surface area contributed by atoms with E-state index in [9.17, 15) is 4.79 Å². The Morgan fingerprint density at radius 2 is 1.81 bits per heavy atom. The van der Waals surface area contributed by atoms with E-state index in [1.54, 1.807) is 24.3 Å². The summed E-state index contributed by atoms with van der Waals surface area (Å²) < 4.78 is 4.10. The van der Waals surface area contributed by atoms with Crippen molar-refractivity contribution < 1.29 is 9.36 Å². The van der Waals surface area contributed by atoms with E-state index in [0.29, 0.717) is 17.1 Å². The molecule has 1 aromatic carbocycles. The van der Waals surface area contributed by atoms with E-state index in [2.05, 4.69) is 14.8 Å². The Morgan fingerprint density at radius 1 is 1.04 bits per heavy atom. The molecule has 132 valence electrons. The molecule has 0 N–H and O–H groups in total. The number of aryl methyl sites for hydroxylation is 1. The second-order valence-electron chi connectivity index (χ2n) is 6.59. The van der Waals surface area contributed by atoms with Gasteiger partial charge in [-0.05, 0) is 37.1 Å². The number of fused-ring (bicyclic) bond motifs is 1. The molecule has 0 amide bonds. The number of hydrogen-bond acceptors (Lipinski definition) is 3. The minimum absolute atomic E-state index is 0.0516. The predicted molar refractivity (Wildman–Crippen MR) is 99.0 cm³/mol. The molecule has 0 aliphatic carbocycles. The summed E-state index contributed by atoms with van der Waals surface area (Å²) in [6.07, 6.45) is 8.42. The third kappa shape index (κ3) is 3.53. The molecule has 0 bridgehead atoms. The van der Waals surface area contributed by atoms with Crippen LogP contribution in [0, 0.1) is 0 Å². The van der Waals surface area contributed by atoms with Crippen LogP contribution in [0.1, 0.15) is 35.4 Å². The standard InChI is InChI=1S/C20H20ClN4O/c21-17-7-5-15(6-8-17)18(26)14-24-12-9-16(10-13-24)20-23-22-19-4-2-1-3-11-25(19)20/h5-10,12-13H,1-4,11,14H2/q+1. The fourth-order valence-electron chi connectivity index (χ4n) is 3.30. The smallest absolute Gasteiger partial charge is 0.227 e. The van der Waals surface area contributed by atoms with E-state index in [4.69, 9.17) is 11.6 Å². The lowest BCUT2D eigenvalue weighted by Crippen LogP contribution is -2.37. The first kappa shape index (κ1) is 16.9. The van der Waals surface area contributed by atoms with Crippen LogP contribution in [-0.4, -0.2) is 20.5 Å². The highest BCUT2D eigenvalue weighted by Crippen LogP contribution is 2.21. The monoisotopic (exact) mass is 367 g/mol. The lowest BCUT2D eigenvalue weighted by Gasteiger charge is -2.06. The van der Waals surface area contributed by atoms with Gasteiger partial charge in [0.05, 0.1) is 0 Å². The van der Waals surface area contributed by atoms with Gasteiger partial charge >= 0.3 is 0 Å². The van der Waals surface area contributed by atoms with Gasteiger partial charge in [-0.15, -0.1) is 10.2 Å². The van der Waals surface area contributed by atoms with Crippen LogP contribution < -0.4 is 4.57 Å². The number of benzene rings is 1. The molecule has 0 saturated carbocycles. The van der Waals surface area contributed by atoms with Crippen molar-refractivity contribution in [3.05, 3.63) is 65.2 Å². The Kier molecular flexibility index (Phi) is 4.80. The molecule has 3 heterocycles. The summed E-state index contributed by atoms with van der Waals surface area (Å²) in [5.74, 6) is 2.04. The number of ketones is 1. The van der Waals surface area contributed by atoms with E-state index in [1.165, 1.54) is 19.3 Å². The van der Waals surface area contributed by atoms with Gasteiger partial charge in [0, 0.05) is 41.2 Å². The fraction of sp³-hybridized carbons (Fsp3) is 0.300. The number of nitrogens with zero attached hydrogens (tertiary/aromatic N) is 4. The van der Waals surface area contributed by atoms with Crippen LogP contribution >= 0.6 is 11.6 Å². The highest BCUT2D eigenvalue weighted by Gasteiger charge is 2.17. The number of aromatic nitrogens is 4. The zero-order chi connectivity index (χ0) is 17.9. The highest BCUT2D eigenvalue weighted by atomic mass is 35.5. The number of carbonyl (C=O) groups is 1. The van der Waals surface area contributed by atoms with Gasteiger partial charge in [0.1, 0.15) is 5.82 Å². The minimum atomic E-state index is 0.0516. The third-order valence-corrected chi connectivity index (χ3v) is 5.00. The van der Waals surface area contributed by atoms with E-state index in [0.717, 1.165) is 30.2 Å². The van der Waals surface area contributed by atoms with Crippen LogP contribution in [0.3, 0.4) is 0 Å². The van der Waals surface area contributed by atoms with E-state index in [-0.39, 0.29) is 5.78 Å². The molecule has 1 aliphatic rings. The van der Waals surface area contributed by atoms with Crippen molar-refractivity contribution in [3.63, 3.8) is 0 Å². The molecular formula is C20H20ClN4O+. The highest BCUT2D eigenvalue weighted by molar-refractivity contribution is 6.30. The molecule has 3 aromatic rings. The zero-order valence-corrected chi connectivity index (χ0v) is 15.2. The maximum absolute atomic E-state index is 12.4. The zero-order valence-electron chi connectivity index (χ0n) is 14.4. The van der Waals surface area contributed by atoms with E-state index < -0.39 is 0 Å². The van der Waals surface area contributed by atoms with Crippen molar-refractivity contribution in [3.8, 4) is 11.4 Å². The van der Waals surface area contributed by atoms with Crippen LogP contribution in [0.15, 0.2) is 48.8 Å². The molecule has 4 rings (SSSR count). The van der Waals surface area contributed by atoms with Crippen molar-refractivity contribution in [2.75, 3.05) is 0 Å². The molecule has 1 aliphatic heterocycles. The van der Waals surface area contributed by atoms with Crippen LogP contribution in [0.2, 0.25) is 5.02 Å². The average molecular weight is 368 g/mol. The average Bonchev–Trinajstić information content (AvgIpc) is 2.91. The number of Topliss-reactive ketones (excluding diaryl/α,β-unsaturated/α-hetero) is 1. The van der Waals surface area contributed by atoms with Gasteiger partial charge in [-0.3, -0.25) is 4.79 Å². The number of carbonyl (C=O) groups excluding carboxylic acids is 1. The second kappa shape index (κ2) is 7.38. The molecule has 0 radical (unpaired) electrons. The summed E-state index contributed by atoms with van der Waals surface area (Å²) >= 11 is 5.87. The van der Waals surface area contributed by atoms with Gasteiger partial charge in [-0.2, -0.15) is 4.57 Å². The molecule has 0 fully saturated rings. The normalized spacial score (nSPS) is 13.9. The largest absolute Gasteiger partial charge is 0.311 e. The van der Waals surface area contributed by atoms with E-state index in [1.807, 2.05) is 29.1 Å². The number of pyridine rings is 1. The number of halogens is 1. The lowest BCUT2D eigenvalue weighted by atomic mass is 10.1. The summed E-state index contributed by atoms with van der Waals surface area (Å²) in [6.45, 7) is 1.27. The Bertz CT molecular complexity index is 916. The summed E-state index contributed by atoms with van der Waals surface area (Å²) in [5, 5.41) is 9.36. The maximum Gasteiger partial charge on any atom is 0.227 e. The summed E-state index contributed by atoms with van der Waals surface area (Å²) in [4.78, 5) is 12.4. The Balaban J connectivity index is 1.51. The SMILES string of the molecule is O=C(C[n+]1ccc(-c2nnc3n2CCCCC3)cc1)c1ccc(Cl)cc1. The first-order valence-corrected chi connectivity index (χ1v) is 9.29. The summed E-state index contributed by atoms with van der Waals surface area (Å²) in [5.41, 5.74) is 1.69. The fourth-order valence-corrected chi connectivity index (χ4v) is 3.43. The Morgan fingerprint density at radius 3 is 2.58 bits per heavy atom. The first-order chi connectivity index (χ1) is 12.7. The van der Waals surface area contributed by atoms with Crippen LogP contribution in [0.25, 0.3) is 11.4 Å². The van der Waals surface area contributed by atoms with Gasteiger partial charge in [0.25, 0.3) is 0 Å². The molecule has 0 spiro atoms. The van der Waals surface area contributed by atoms with Crippen molar-refractivity contribution in [2.24, 2.45) is 0 Å². The van der Waals surface area contributed by atoms with Crippen LogP contribution in [0.5, 0.6) is 0 Å². The molecule has 6 heteroatoms. The van der Waals surface area contributed by atoms with Crippen LogP contribution in [-0.2, 0) is 19.5 Å². The second-order valence-corrected chi connectivity index (χ2v) is 7.03. The van der Waals surface area contributed by atoms with Gasteiger partial charge < -0.3 is 4.57 Å². The molecular weight excluding hydrogens is 348 g/mol. The molecule has 2 aromatic heterocycles. The van der Waals surface area contributed by atoms with Crippen molar-refractivity contribution in [2.45, 2.75) is 38.8 Å². The summed E-state index contributed by atoms with van der Waals surface area (Å²) in [7, 11) is 0. The quantitative estimate of drug-likeness (QED) is 0.524. The lowest BCUT2D eigenvalue weighted by molar-refractivity contribution is -0.683. The maximum atomic E-state index is 12.4. The van der Waals surface area contributed by atoms with Crippen molar-refractivity contribution in [1.82, 2.24) is 14.8 Å². The third-order valence-electron chi connectivity index (χ3n) is 4.75. The molecule has 26 heavy (non-hydrogen) atoms. The van der Waals surface area contributed by atoms with Gasteiger partial charge in [-0.1, -0.05) is 18.0 Å².